The Morgan fingerprint density at radius 2 is 1.87 bits per heavy atom. The average molecular weight is 333 g/mol. The predicted octanol–water partition coefficient (Wildman–Crippen LogP) is 3.50. The zero-order chi connectivity index (χ0) is 16.1. The van der Waals surface area contributed by atoms with Gasteiger partial charge in [0.25, 0.3) is 5.91 Å². The largest absolute Gasteiger partial charge is 0.455 e. The van der Waals surface area contributed by atoms with Gasteiger partial charge in [-0.05, 0) is 62.2 Å². The zero-order valence-corrected chi connectivity index (χ0v) is 13.8. The molecule has 122 valence electrons. The smallest absolute Gasteiger partial charge is 0.287 e. The van der Waals surface area contributed by atoms with Crippen molar-refractivity contribution in [3.05, 3.63) is 58.5 Å². The molecule has 0 bridgehead atoms. The second-order valence-corrected chi connectivity index (χ2v) is 6.32. The van der Waals surface area contributed by atoms with Crippen molar-refractivity contribution >= 4 is 17.5 Å². The Balaban J connectivity index is 1.46. The van der Waals surface area contributed by atoms with Crippen LogP contribution in [-0.2, 0) is 13.0 Å². The van der Waals surface area contributed by atoms with Crippen molar-refractivity contribution in [2.24, 2.45) is 0 Å². The van der Waals surface area contributed by atoms with Crippen LogP contribution in [-0.4, -0.2) is 30.4 Å². The van der Waals surface area contributed by atoms with Crippen molar-refractivity contribution in [1.82, 2.24) is 10.2 Å². The number of hydrogen-bond acceptors (Lipinski definition) is 3. The first kappa shape index (κ1) is 16.1. The minimum absolute atomic E-state index is 0.161. The van der Waals surface area contributed by atoms with E-state index in [0.717, 1.165) is 42.4 Å². The monoisotopic (exact) mass is 332 g/mol. The summed E-state index contributed by atoms with van der Waals surface area (Å²) < 4.78 is 5.65. The van der Waals surface area contributed by atoms with E-state index in [2.05, 4.69) is 10.2 Å². The van der Waals surface area contributed by atoms with Gasteiger partial charge in [0.15, 0.2) is 5.76 Å². The van der Waals surface area contributed by atoms with E-state index in [1.54, 1.807) is 6.07 Å². The SMILES string of the molecule is O=C(NCCc1ccc(Cl)cc1)c1ccc(CN2CCCC2)o1. The standard InChI is InChI=1S/C18H21ClN2O2/c19-15-5-3-14(4-6-15)9-10-20-18(22)17-8-7-16(23-17)13-21-11-1-2-12-21/h3-8H,1-2,9-13H2,(H,20,22). The first-order valence-corrected chi connectivity index (χ1v) is 8.42. The van der Waals surface area contributed by atoms with Gasteiger partial charge in [-0.15, -0.1) is 0 Å². The van der Waals surface area contributed by atoms with E-state index < -0.39 is 0 Å². The minimum atomic E-state index is -0.161. The Bertz CT molecular complexity index is 645. The topological polar surface area (TPSA) is 45.5 Å². The molecule has 0 unspecified atom stereocenters. The Morgan fingerprint density at radius 1 is 1.13 bits per heavy atom. The summed E-state index contributed by atoms with van der Waals surface area (Å²) in [7, 11) is 0. The quantitative estimate of drug-likeness (QED) is 0.880. The number of likely N-dealkylation sites (tertiary alicyclic amines) is 1. The van der Waals surface area contributed by atoms with Crippen LogP contribution in [0.1, 0.15) is 34.7 Å². The highest BCUT2D eigenvalue weighted by Crippen LogP contribution is 2.15. The summed E-state index contributed by atoms with van der Waals surface area (Å²) >= 11 is 5.85. The number of nitrogens with one attached hydrogen (secondary N) is 1. The van der Waals surface area contributed by atoms with E-state index >= 15 is 0 Å². The van der Waals surface area contributed by atoms with Gasteiger partial charge in [-0.1, -0.05) is 23.7 Å². The minimum Gasteiger partial charge on any atom is -0.455 e. The maximum atomic E-state index is 12.1. The summed E-state index contributed by atoms with van der Waals surface area (Å²) in [6.45, 7) is 3.59. The number of carbonyl (C=O) groups excluding carboxylic acids is 1. The Hall–Kier alpha value is -1.78. The molecular weight excluding hydrogens is 312 g/mol. The van der Waals surface area contributed by atoms with Crippen LogP contribution in [0.25, 0.3) is 0 Å². The van der Waals surface area contributed by atoms with Crippen LogP contribution in [0, 0.1) is 0 Å². The van der Waals surface area contributed by atoms with E-state index in [0.29, 0.717) is 12.3 Å². The highest BCUT2D eigenvalue weighted by molar-refractivity contribution is 6.30. The molecule has 1 aliphatic rings. The number of amides is 1. The number of furan rings is 1. The fourth-order valence-corrected chi connectivity index (χ4v) is 2.93. The zero-order valence-electron chi connectivity index (χ0n) is 13.1. The second kappa shape index (κ2) is 7.66. The maximum Gasteiger partial charge on any atom is 0.287 e. The highest BCUT2D eigenvalue weighted by Gasteiger charge is 2.15. The van der Waals surface area contributed by atoms with Gasteiger partial charge >= 0.3 is 0 Å². The first-order valence-electron chi connectivity index (χ1n) is 8.04. The number of benzene rings is 1. The van der Waals surface area contributed by atoms with Crippen LogP contribution in [0.4, 0.5) is 0 Å². The molecule has 0 spiro atoms. The lowest BCUT2D eigenvalue weighted by Crippen LogP contribution is -2.25. The van der Waals surface area contributed by atoms with Gasteiger partial charge in [0.2, 0.25) is 0 Å². The number of hydrogen-bond donors (Lipinski definition) is 1. The normalized spacial score (nSPS) is 15.0. The molecule has 2 heterocycles. The van der Waals surface area contributed by atoms with Gasteiger partial charge in [-0.2, -0.15) is 0 Å². The van der Waals surface area contributed by atoms with Crippen LogP contribution >= 0.6 is 11.6 Å². The van der Waals surface area contributed by atoms with Gasteiger partial charge in [0, 0.05) is 11.6 Å². The molecule has 5 heteroatoms. The van der Waals surface area contributed by atoms with Gasteiger partial charge in [0.1, 0.15) is 5.76 Å². The fourth-order valence-electron chi connectivity index (χ4n) is 2.80. The highest BCUT2D eigenvalue weighted by atomic mass is 35.5. The molecule has 0 radical (unpaired) electrons. The number of carbonyl (C=O) groups is 1. The molecule has 1 saturated heterocycles. The van der Waals surface area contributed by atoms with Gasteiger partial charge in [0.05, 0.1) is 6.54 Å². The third-order valence-electron chi connectivity index (χ3n) is 4.08. The maximum absolute atomic E-state index is 12.1. The summed E-state index contributed by atoms with van der Waals surface area (Å²) in [5, 5.41) is 3.61. The predicted molar refractivity (Wildman–Crippen MR) is 90.7 cm³/mol. The molecule has 1 aliphatic heterocycles. The molecule has 1 N–H and O–H groups in total. The van der Waals surface area contributed by atoms with Gasteiger partial charge in [-0.25, -0.2) is 0 Å². The van der Waals surface area contributed by atoms with E-state index in [1.807, 2.05) is 30.3 Å². The molecule has 1 amide bonds. The lowest BCUT2D eigenvalue weighted by atomic mass is 10.1. The fraction of sp³-hybridized carbons (Fsp3) is 0.389. The molecular formula is C18H21ClN2O2. The van der Waals surface area contributed by atoms with Crippen LogP contribution in [0.5, 0.6) is 0 Å². The first-order chi connectivity index (χ1) is 11.2. The van der Waals surface area contributed by atoms with E-state index in [9.17, 15) is 4.79 Å². The lowest BCUT2D eigenvalue weighted by molar-refractivity contribution is 0.0923. The molecule has 0 atom stereocenters. The Labute approximate surface area is 141 Å². The number of rotatable bonds is 6. The van der Waals surface area contributed by atoms with Crippen molar-refractivity contribution in [3.8, 4) is 0 Å². The third kappa shape index (κ3) is 4.60. The molecule has 1 aromatic heterocycles. The van der Waals surface area contributed by atoms with Crippen molar-refractivity contribution < 1.29 is 9.21 Å². The van der Waals surface area contributed by atoms with E-state index in [1.165, 1.54) is 12.8 Å². The van der Waals surface area contributed by atoms with E-state index in [4.69, 9.17) is 16.0 Å². The summed E-state index contributed by atoms with van der Waals surface area (Å²) in [5.74, 6) is 1.08. The Kier molecular flexibility index (Phi) is 5.36. The van der Waals surface area contributed by atoms with Crippen LogP contribution in [0.15, 0.2) is 40.8 Å². The molecule has 0 saturated carbocycles. The van der Waals surface area contributed by atoms with Gasteiger partial charge in [-0.3, -0.25) is 9.69 Å². The molecule has 23 heavy (non-hydrogen) atoms. The molecule has 4 nitrogen and oxygen atoms in total. The molecule has 3 rings (SSSR count). The average Bonchev–Trinajstić information content (AvgIpc) is 3.21. The van der Waals surface area contributed by atoms with Crippen molar-refractivity contribution in [3.63, 3.8) is 0 Å². The number of halogens is 1. The molecule has 1 fully saturated rings. The lowest BCUT2D eigenvalue weighted by Gasteiger charge is -2.11. The van der Waals surface area contributed by atoms with Crippen molar-refractivity contribution in [2.45, 2.75) is 25.8 Å². The van der Waals surface area contributed by atoms with Crippen LogP contribution in [0.2, 0.25) is 5.02 Å². The number of nitrogens with zero attached hydrogens (tertiary/aromatic N) is 1. The van der Waals surface area contributed by atoms with Crippen molar-refractivity contribution in [2.75, 3.05) is 19.6 Å². The summed E-state index contributed by atoms with van der Waals surface area (Å²) in [6, 6.07) is 11.3. The van der Waals surface area contributed by atoms with Crippen LogP contribution in [0.3, 0.4) is 0 Å². The molecule has 2 aromatic rings. The summed E-state index contributed by atoms with van der Waals surface area (Å²) in [6.07, 6.45) is 3.27. The third-order valence-corrected chi connectivity index (χ3v) is 4.33. The summed E-state index contributed by atoms with van der Waals surface area (Å²) in [4.78, 5) is 14.4. The van der Waals surface area contributed by atoms with Crippen LogP contribution < -0.4 is 5.32 Å². The second-order valence-electron chi connectivity index (χ2n) is 5.88. The Morgan fingerprint density at radius 3 is 2.61 bits per heavy atom. The molecule has 1 aromatic carbocycles. The van der Waals surface area contributed by atoms with Gasteiger partial charge < -0.3 is 9.73 Å². The summed E-state index contributed by atoms with van der Waals surface area (Å²) in [5.41, 5.74) is 1.14. The van der Waals surface area contributed by atoms with Crippen molar-refractivity contribution in [1.29, 1.82) is 0 Å². The molecule has 0 aliphatic carbocycles. The van der Waals surface area contributed by atoms with E-state index in [-0.39, 0.29) is 5.91 Å².